The van der Waals surface area contributed by atoms with E-state index in [1.54, 1.807) is 0 Å². The number of benzene rings is 1. The van der Waals surface area contributed by atoms with Crippen LogP contribution in [0, 0.1) is 0 Å². The van der Waals surface area contributed by atoms with Crippen LogP contribution in [-0.2, 0) is 20.8 Å². The van der Waals surface area contributed by atoms with Gasteiger partial charge in [0.2, 0.25) is 0 Å². The zero-order valence-corrected chi connectivity index (χ0v) is 19.3. The van der Waals surface area contributed by atoms with Crippen molar-refractivity contribution >= 4 is 0 Å². The highest BCUT2D eigenvalue weighted by atomic mass is 16.6. The fourth-order valence-corrected chi connectivity index (χ4v) is 2.68. The molecule has 2 unspecified atom stereocenters. The Bertz CT molecular complexity index is 468. The Balaban J connectivity index is 0. The van der Waals surface area contributed by atoms with Crippen LogP contribution in [0.5, 0.6) is 0 Å². The predicted octanol–water partition coefficient (Wildman–Crippen LogP) is 2.42. The maximum atomic E-state index is 10.1. The normalized spacial score (nSPS) is 23.0. The maximum absolute atomic E-state index is 10.1. The first-order chi connectivity index (χ1) is 13.9. The highest BCUT2D eigenvalue weighted by Crippen LogP contribution is 2.27. The second kappa shape index (κ2) is 17.8. The largest absolute Gasteiger partial charge is 0.389 e. The van der Waals surface area contributed by atoms with Gasteiger partial charge >= 0.3 is 0 Å². The summed E-state index contributed by atoms with van der Waals surface area (Å²) >= 11 is 0. The Morgan fingerprint density at radius 2 is 1.55 bits per heavy atom. The standard InChI is InChI=1S/C17H27NO5.2C2H6.CH5N/c1-17(2,20)23-13-10-14(16(19)15(13)18)22-9-8-21-11-12-6-4-3-5-7-12;3*1-2/h3-7,13-16,19-20H,8-11,18H2,1-2H3;2*1-2H3;2H2,1H3/t13-,14?,15?,16+;;;/m1.../s1. The third-order valence-electron chi connectivity index (χ3n) is 3.78. The van der Waals surface area contributed by atoms with Gasteiger partial charge in [0, 0.05) is 6.42 Å². The molecule has 1 aliphatic carbocycles. The molecule has 1 saturated carbocycles. The van der Waals surface area contributed by atoms with Crippen LogP contribution in [0.25, 0.3) is 0 Å². The fraction of sp³-hybridized carbons (Fsp3) is 0.727. The van der Waals surface area contributed by atoms with Crippen LogP contribution in [0.3, 0.4) is 0 Å². The van der Waals surface area contributed by atoms with E-state index in [1.165, 1.54) is 20.9 Å². The minimum atomic E-state index is -1.28. The molecule has 29 heavy (non-hydrogen) atoms. The molecule has 7 heteroatoms. The molecule has 1 aromatic carbocycles. The molecule has 0 bridgehead atoms. The second-order valence-corrected chi connectivity index (χ2v) is 6.35. The lowest BCUT2D eigenvalue weighted by Crippen LogP contribution is -2.44. The predicted molar refractivity (Wildman–Crippen MR) is 118 cm³/mol. The van der Waals surface area contributed by atoms with Gasteiger partial charge in [-0.1, -0.05) is 58.0 Å². The lowest BCUT2D eigenvalue weighted by Gasteiger charge is -2.26. The summed E-state index contributed by atoms with van der Waals surface area (Å²) in [7, 11) is 1.50. The highest BCUT2D eigenvalue weighted by Gasteiger charge is 2.43. The van der Waals surface area contributed by atoms with E-state index in [1.807, 2.05) is 58.0 Å². The first-order valence-corrected chi connectivity index (χ1v) is 10.5. The summed E-state index contributed by atoms with van der Waals surface area (Å²) in [6, 6.07) is 9.32. The topological polar surface area (TPSA) is 120 Å². The number of ether oxygens (including phenoxy) is 3. The van der Waals surface area contributed by atoms with E-state index in [-0.39, 0.29) is 0 Å². The summed E-state index contributed by atoms with van der Waals surface area (Å²) in [4.78, 5) is 0. The summed E-state index contributed by atoms with van der Waals surface area (Å²) in [5.74, 6) is -1.28. The first-order valence-electron chi connectivity index (χ1n) is 10.5. The second-order valence-electron chi connectivity index (χ2n) is 6.35. The van der Waals surface area contributed by atoms with Crippen molar-refractivity contribution in [1.29, 1.82) is 0 Å². The van der Waals surface area contributed by atoms with Gasteiger partial charge < -0.3 is 35.9 Å². The summed E-state index contributed by atoms with van der Waals surface area (Å²) < 4.78 is 16.6. The van der Waals surface area contributed by atoms with Crippen LogP contribution < -0.4 is 11.5 Å². The Hall–Kier alpha value is -1.06. The van der Waals surface area contributed by atoms with E-state index < -0.39 is 30.1 Å². The van der Waals surface area contributed by atoms with Gasteiger partial charge in [0.1, 0.15) is 0 Å². The lowest BCUT2D eigenvalue weighted by atomic mass is 10.2. The number of nitrogens with two attached hydrogens (primary N) is 2. The third kappa shape index (κ3) is 13.0. The van der Waals surface area contributed by atoms with Crippen LogP contribution in [0.15, 0.2) is 30.3 Å². The van der Waals surface area contributed by atoms with Gasteiger partial charge in [0.05, 0.1) is 44.2 Å². The number of hydrogen-bond acceptors (Lipinski definition) is 7. The quantitative estimate of drug-likeness (QED) is 0.379. The number of aliphatic hydroxyl groups excluding tert-OH is 1. The van der Waals surface area contributed by atoms with Crippen molar-refractivity contribution in [3.05, 3.63) is 35.9 Å². The molecule has 0 aromatic heterocycles. The van der Waals surface area contributed by atoms with Crippen molar-refractivity contribution in [3.63, 3.8) is 0 Å². The molecule has 0 radical (unpaired) electrons. The van der Waals surface area contributed by atoms with E-state index in [0.717, 1.165) is 5.56 Å². The van der Waals surface area contributed by atoms with E-state index in [4.69, 9.17) is 19.9 Å². The van der Waals surface area contributed by atoms with E-state index in [2.05, 4.69) is 5.73 Å². The zero-order valence-electron chi connectivity index (χ0n) is 19.3. The molecule has 1 fully saturated rings. The summed E-state index contributed by atoms with van der Waals surface area (Å²) in [6.07, 6.45) is -1.19. The van der Waals surface area contributed by atoms with Gasteiger partial charge in [-0.3, -0.25) is 0 Å². The van der Waals surface area contributed by atoms with E-state index in [9.17, 15) is 10.2 Å². The lowest BCUT2D eigenvalue weighted by molar-refractivity contribution is -0.208. The van der Waals surface area contributed by atoms with Crippen LogP contribution in [0.4, 0.5) is 0 Å². The molecule has 4 atom stereocenters. The molecule has 2 rings (SSSR count). The van der Waals surface area contributed by atoms with Crippen molar-refractivity contribution in [2.24, 2.45) is 11.5 Å². The van der Waals surface area contributed by atoms with Crippen LogP contribution in [-0.4, -0.2) is 60.6 Å². The molecule has 1 aliphatic rings. The average molecular weight is 417 g/mol. The van der Waals surface area contributed by atoms with Gasteiger partial charge in [-0.05, 0) is 26.5 Å². The van der Waals surface area contributed by atoms with Crippen molar-refractivity contribution in [1.82, 2.24) is 0 Å². The molecule has 172 valence electrons. The third-order valence-corrected chi connectivity index (χ3v) is 3.78. The van der Waals surface area contributed by atoms with Gasteiger partial charge in [-0.2, -0.15) is 0 Å². The molecule has 0 amide bonds. The Kier molecular flexibility index (Phi) is 18.5. The minimum Gasteiger partial charge on any atom is -0.389 e. The van der Waals surface area contributed by atoms with Crippen molar-refractivity contribution in [3.8, 4) is 0 Å². The monoisotopic (exact) mass is 416 g/mol. The molecular formula is C22H44N2O5. The number of aliphatic hydroxyl groups is 2. The van der Waals surface area contributed by atoms with Crippen molar-refractivity contribution < 1.29 is 24.4 Å². The smallest absolute Gasteiger partial charge is 0.160 e. The number of hydrogen-bond donors (Lipinski definition) is 4. The molecule has 0 saturated heterocycles. The molecule has 0 aliphatic heterocycles. The molecule has 0 heterocycles. The van der Waals surface area contributed by atoms with Crippen LogP contribution >= 0.6 is 0 Å². The minimum absolute atomic E-state index is 0.372. The van der Waals surface area contributed by atoms with Crippen molar-refractivity contribution in [2.75, 3.05) is 20.3 Å². The summed E-state index contributed by atoms with van der Waals surface area (Å²) in [6.45, 7) is 12.4. The first kappa shape index (κ1) is 30.1. The van der Waals surface area contributed by atoms with Crippen molar-refractivity contribution in [2.45, 2.75) is 84.7 Å². The highest BCUT2D eigenvalue weighted by molar-refractivity contribution is 5.13. The SMILES string of the molecule is CC.CC.CC(C)(O)O[C@@H]1CC(OCCOCc2ccccc2)[C@H](O)C1N.CN. The summed E-state index contributed by atoms with van der Waals surface area (Å²) in [5.41, 5.74) is 11.5. The number of rotatable bonds is 8. The Morgan fingerprint density at radius 3 is 2.07 bits per heavy atom. The summed E-state index contributed by atoms with van der Waals surface area (Å²) in [5, 5.41) is 19.8. The van der Waals surface area contributed by atoms with E-state index >= 15 is 0 Å². The van der Waals surface area contributed by atoms with Crippen LogP contribution in [0.1, 0.15) is 53.5 Å². The van der Waals surface area contributed by atoms with Gasteiger partial charge in [-0.25, -0.2) is 0 Å². The Labute approximate surface area is 177 Å². The Morgan fingerprint density at radius 1 is 1.00 bits per heavy atom. The fourth-order valence-electron chi connectivity index (χ4n) is 2.68. The van der Waals surface area contributed by atoms with Gasteiger partial charge in [0.15, 0.2) is 5.79 Å². The molecule has 7 nitrogen and oxygen atoms in total. The van der Waals surface area contributed by atoms with E-state index in [0.29, 0.717) is 26.2 Å². The molecule has 6 N–H and O–H groups in total. The van der Waals surface area contributed by atoms with Gasteiger partial charge in [-0.15, -0.1) is 0 Å². The zero-order chi connectivity index (χ0) is 22.9. The van der Waals surface area contributed by atoms with Crippen LogP contribution in [0.2, 0.25) is 0 Å². The molecule has 1 aromatic rings. The average Bonchev–Trinajstić information content (AvgIpc) is 2.99. The molecular weight excluding hydrogens is 372 g/mol. The molecule has 0 spiro atoms. The maximum Gasteiger partial charge on any atom is 0.160 e. The van der Waals surface area contributed by atoms with Gasteiger partial charge in [0.25, 0.3) is 0 Å².